The summed E-state index contributed by atoms with van der Waals surface area (Å²) in [6, 6.07) is 9.15. The van der Waals surface area contributed by atoms with Gasteiger partial charge in [-0.3, -0.25) is 4.79 Å². The van der Waals surface area contributed by atoms with E-state index in [0.29, 0.717) is 0 Å². The third-order valence-electron chi connectivity index (χ3n) is 3.34. The van der Waals surface area contributed by atoms with Gasteiger partial charge in [0.05, 0.1) is 12.1 Å². The number of hydrogen-bond acceptors (Lipinski definition) is 3. The van der Waals surface area contributed by atoms with Gasteiger partial charge in [-0.15, -0.1) is 11.3 Å². The Bertz CT molecular complexity index is 581. The Balaban J connectivity index is 2.25. The molecule has 0 radical (unpaired) electrons. The Hall–Kier alpha value is -1.72. The SMILES string of the molecule is CC(C)[C@@H](N)C(=O)NC(c1ccc(F)cc1)c1cccs1. The van der Waals surface area contributed by atoms with Crippen LogP contribution in [0.4, 0.5) is 4.39 Å². The number of carbonyl (C=O) groups excluding carboxylic acids is 1. The molecule has 0 fully saturated rings. The monoisotopic (exact) mass is 306 g/mol. The second-order valence-electron chi connectivity index (χ2n) is 5.28. The zero-order valence-electron chi connectivity index (χ0n) is 12.0. The van der Waals surface area contributed by atoms with Gasteiger partial charge < -0.3 is 11.1 Å². The number of amides is 1. The van der Waals surface area contributed by atoms with Crippen LogP contribution in [-0.2, 0) is 4.79 Å². The van der Waals surface area contributed by atoms with Gasteiger partial charge in [-0.25, -0.2) is 4.39 Å². The van der Waals surface area contributed by atoms with Gasteiger partial charge in [0, 0.05) is 4.88 Å². The minimum atomic E-state index is -0.562. The number of rotatable bonds is 5. The molecule has 5 heteroatoms. The van der Waals surface area contributed by atoms with E-state index in [0.717, 1.165) is 10.4 Å². The summed E-state index contributed by atoms with van der Waals surface area (Å²) in [5.41, 5.74) is 6.73. The van der Waals surface area contributed by atoms with E-state index in [9.17, 15) is 9.18 Å². The molecule has 2 aromatic rings. The molecule has 3 nitrogen and oxygen atoms in total. The highest BCUT2D eigenvalue weighted by Crippen LogP contribution is 2.26. The van der Waals surface area contributed by atoms with Gasteiger partial charge in [-0.1, -0.05) is 32.0 Å². The Morgan fingerprint density at radius 1 is 1.24 bits per heavy atom. The first-order valence-electron chi connectivity index (χ1n) is 6.84. The summed E-state index contributed by atoms with van der Waals surface area (Å²) in [6.07, 6.45) is 0. The molecule has 0 spiro atoms. The first-order chi connectivity index (χ1) is 9.99. The number of thiophene rings is 1. The Morgan fingerprint density at radius 3 is 2.43 bits per heavy atom. The van der Waals surface area contributed by atoms with Gasteiger partial charge in [0.25, 0.3) is 0 Å². The molecule has 0 saturated carbocycles. The van der Waals surface area contributed by atoms with Crippen LogP contribution >= 0.6 is 11.3 Å². The summed E-state index contributed by atoms with van der Waals surface area (Å²) >= 11 is 1.54. The minimum Gasteiger partial charge on any atom is -0.343 e. The molecule has 2 atom stereocenters. The molecule has 1 aromatic heterocycles. The fourth-order valence-electron chi connectivity index (χ4n) is 1.97. The number of halogens is 1. The number of carbonyl (C=O) groups is 1. The number of nitrogens with one attached hydrogen (secondary N) is 1. The van der Waals surface area contributed by atoms with E-state index in [1.165, 1.54) is 12.1 Å². The van der Waals surface area contributed by atoms with Crippen LogP contribution in [-0.4, -0.2) is 11.9 Å². The molecule has 0 aliphatic heterocycles. The third-order valence-corrected chi connectivity index (χ3v) is 4.28. The summed E-state index contributed by atoms with van der Waals surface area (Å²) in [4.78, 5) is 13.2. The fourth-order valence-corrected chi connectivity index (χ4v) is 2.77. The van der Waals surface area contributed by atoms with Crippen LogP contribution in [0.15, 0.2) is 41.8 Å². The molecule has 1 aromatic carbocycles. The summed E-state index contributed by atoms with van der Waals surface area (Å²) < 4.78 is 13.1. The van der Waals surface area contributed by atoms with E-state index >= 15 is 0 Å². The first-order valence-corrected chi connectivity index (χ1v) is 7.72. The van der Waals surface area contributed by atoms with E-state index < -0.39 is 6.04 Å². The molecule has 112 valence electrons. The van der Waals surface area contributed by atoms with Gasteiger partial charge in [-0.05, 0) is 35.1 Å². The summed E-state index contributed by atoms with van der Waals surface area (Å²) in [5.74, 6) is -0.441. The van der Waals surface area contributed by atoms with Crippen molar-refractivity contribution in [1.29, 1.82) is 0 Å². The smallest absolute Gasteiger partial charge is 0.237 e. The number of hydrogen-bond donors (Lipinski definition) is 2. The molecule has 0 saturated heterocycles. The molecular weight excluding hydrogens is 287 g/mol. The largest absolute Gasteiger partial charge is 0.343 e. The van der Waals surface area contributed by atoms with Crippen molar-refractivity contribution in [2.75, 3.05) is 0 Å². The molecule has 3 N–H and O–H groups in total. The van der Waals surface area contributed by atoms with Crippen molar-refractivity contribution in [2.24, 2.45) is 11.7 Å². The summed E-state index contributed by atoms with van der Waals surface area (Å²) in [6.45, 7) is 3.81. The van der Waals surface area contributed by atoms with Crippen LogP contribution in [0.25, 0.3) is 0 Å². The maximum absolute atomic E-state index is 13.1. The normalized spacial score (nSPS) is 14.0. The minimum absolute atomic E-state index is 0.0576. The standard InChI is InChI=1S/C16H19FN2OS/c1-10(2)14(18)16(20)19-15(13-4-3-9-21-13)11-5-7-12(17)8-6-11/h3-10,14-15H,18H2,1-2H3,(H,19,20)/t14-,15?/m1/s1. The first kappa shape index (κ1) is 15.7. The lowest BCUT2D eigenvalue weighted by Crippen LogP contribution is -2.45. The van der Waals surface area contributed by atoms with E-state index in [4.69, 9.17) is 5.73 Å². The predicted molar refractivity (Wildman–Crippen MR) is 83.5 cm³/mol. The fraction of sp³-hybridized carbons (Fsp3) is 0.312. The van der Waals surface area contributed by atoms with Crippen molar-refractivity contribution >= 4 is 17.2 Å². The molecule has 21 heavy (non-hydrogen) atoms. The van der Waals surface area contributed by atoms with E-state index in [-0.39, 0.29) is 23.7 Å². The Morgan fingerprint density at radius 2 is 1.90 bits per heavy atom. The second-order valence-corrected chi connectivity index (χ2v) is 6.26. The summed E-state index contributed by atoms with van der Waals surface area (Å²) in [5, 5.41) is 4.91. The molecule has 0 aliphatic carbocycles. The maximum atomic E-state index is 13.1. The van der Waals surface area contributed by atoms with Crippen molar-refractivity contribution in [1.82, 2.24) is 5.32 Å². The predicted octanol–water partition coefficient (Wildman–Crippen LogP) is 3.08. The molecular formula is C16H19FN2OS. The van der Waals surface area contributed by atoms with Gasteiger partial charge >= 0.3 is 0 Å². The molecule has 0 bridgehead atoms. The van der Waals surface area contributed by atoms with E-state index in [2.05, 4.69) is 5.32 Å². The quantitative estimate of drug-likeness (QED) is 0.892. The average Bonchev–Trinajstić information content (AvgIpc) is 2.98. The second kappa shape index (κ2) is 6.83. The Labute approximate surface area is 128 Å². The van der Waals surface area contributed by atoms with Crippen molar-refractivity contribution < 1.29 is 9.18 Å². The summed E-state index contributed by atoms with van der Waals surface area (Å²) in [7, 11) is 0. The Kier molecular flexibility index (Phi) is 5.09. The number of nitrogens with two attached hydrogens (primary N) is 1. The zero-order chi connectivity index (χ0) is 15.4. The van der Waals surface area contributed by atoms with E-state index in [1.54, 1.807) is 23.5 Å². The molecule has 2 rings (SSSR count). The van der Waals surface area contributed by atoms with Crippen molar-refractivity contribution in [3.05, 3.63) is 58.0 Å². The maximum Gasteiger partial charge on any atom is 0.237 e. The molecule has 0 aliphatic rings. The highest BCUT2D eigenvalue weighted by Gasteiger charge is 2.23. The molecule has 1 heterocycles. The van der Waals surface area contributed by atoms with Crippen LogP contribution < -0.4 is 11.1 Å². The highest BCUT2D eigenvalue weighted by molar-refractivity contribution is 7.10. The lowest BCUT2D eigenvalue weighted by molar-refractivity contribution is -0.123. The van der Waals surface area contributed by atoms with Gasteiger partial charge in [0.1, 0.15) is 5.82 Å². The molecule has 1 amide bonds. The van der Waals surface area contributed by atoms with Gasteiger partial charge in [-0.2, -0.15) is 0 Å². The third kappa shape index (κ3) is 3.89. The van der Waals surface area contributed by atoms with Crippen LogP contribution in [0.2, 0.25) is 0 Å². The number of benzene rings is 1. The van der Waals surface area contributed by atoms with Crippen LogP contribution in [0.1, 0.15) is 30.3 Å². The van der Waals surface area contributed by atoms with Gasteiger partial charge in [0.2, 0.25) is 5.91 Å². The van der Waals surface area contributed by atoms with Crippen LogP contribution in [0.5, 0.6) is 0 Å². The lowest BCUT2D eigenvalue weighted by Gasteiger charge is -2.22. The van der Waals surface area contributed by atoms with Crippen molar-refractivity contribution in [3.8, 4) is 0 Å². The highest BCUT2D eigenvalue weighted by atomic mass is 32.1. The van der Waals surface area contributed by atoms with E-state index in [1.807, 2.05) is 31.4 Å². The van der Waals surface area contributed by atoms with Crippen molar-refractivity contribution in [2.45, 2.75) is 25.9 Å². The lowest BCUT2D eigenvalue weighted by atomic mass is 10.0. The average molecular weight is 306 g/mol. The van der Waals surface area contributed by atoms with Crippen LogP contribution in [0.3, 0.4) is 0 Å². The topological polar surface area (TPSA) is 55.1 Å². The molecule has 1 unspecified atom stereocenters. The zero-order valence-corrected chi connectivity index (χ0v) is 12.9. The van der Waals surface area contributed by atoms with Crippen molar-refractivity contribution in [3.63, 3.8) is 0 Å². The van der Waals surface area contributed by atoms with Gasteiger partial charge in [0.15, 0.2) is 0 Å². The van der Waals surface area contributed by atoms with Crippen LogP contribution in [0, 0.1) is 11.7 Å².